The molecule has 1 aliphatic heterocycles. The van der Waals surface area contributed by atoms with E-state index in [2.05, 4.69) is 20.2 Å². The van der Waals surface area contributed by atoms with Gasteiger partial charge in [0.25, 0.3) is 0 Å². The fourth-order valence-electron chi connectivity index (χ4n) is 3.12. The van der Waals surface area contributed by atoms with Gasteiger partial charge in [0, 0.05) is 13.6 Å². The maximum Gasteiger partial charge on any atom is 0.204 e. The van der Waals surface area contributed by atoms with Crippen molar-refractivity contribution in [3.63, 3.8) is 0 Å². The summed E-state index contributed by atoms with van der Waals surface area (Å²) in [6.45, 7) is 1.61. The first kappa shape index (κ1) is 12.5. The Kier molecular flexibility index (Phi) is 3.42. The zero-order valence-corrected chi connectivity index (χ0v) is 11.4. The van der Waals surface area contributed by atoms with Gasteiger partial charge >= 0.3 is 0 Å². The first-order valence-electron chi connectivity index (χ1n) is 6.80. The molecule has 0 amide bonds. The Bertz CT molecular complexity index is 454. The summed E-state index contributed by atoms with van der Waals surface area (Å²) >= 11 is 0. The normalized spacial score (nSPS) is 26.1. The highest BCUT2D eigenvalue weighted by Gasteiger charge is 2.38. The van der Waals surface area contributed by atoms with Crippen LogP contribution < -0.4 is 15.0 Å². The molecule has 1 saturated heterocycles. The number of rotatable bonds is 3. The molecule has 0 spiro atoms. The molecule has 6 heteroatoms. The number of anilines is 2. The molecule has 3 rings (SSSR count). The summed E-state index contributed by atoms with van der Waals surface area (Å²) in [5.74, 6) is 2.33. The van der Waals surface area contributed by atoms with Gasteiger partial charge < -0.3 is 19.7 Å². The van der Waals surface area contributed by atoms with E-state index in [9.17, 15) is 0 Å². The van der Waals surface area contributed by atoms with Crippen molar-refractivity contribution in [2.24, 2.45) is 0 Å². The Morgan fingerprint density at radius 2 is 2.32 bits per heavy atom. The Morgan fingerprint density at radius 3 is 3.11 bits per heavy atom. The van der Waals surface area contributed by atoms with Gasteiger partial charge in [-0.1, -0.05) is 0 Å². The quantitative estimate of drug-likeness (QED) is 0.887. The van der Waals surface area contributed by atoms with Crippen molar-refractivity contribution in [3.05, 3.63) is 6.33 Å². The second-order valence-electron chi connectivity index (χ2n) is 4.93. The van der Waals surface area contributed by atoms with Crippen molar-refractivity contribution >= 4 is 11.6 Å². The van der Waals surface area contributed by atoms with E-state index in [1.165, 1.54) is 6.42 Å². The average molecular weight is 264 g/mol. The van der Waals surface area contributed by atoms with Crippen LogP contribution in [0.1, 0.15) is 19.3 Å². The maximum atomic E-state index is 5.84. The van der Waals surface area contributed by atoms with Gasteiger partial charge in [0.15, 0.2) is 11.6 Å². The third-order valence-corrected chi connectivity index (χ3v) is 3.98. The lowest BCUT2D eigenvalue weighted by atomic mass is 10.1. The van der Waals surface area contributed by atoms with Gasteiger partial charge in [-0.2, -0.15) is 0 Å². The number of morpholine rings is 1. The lowest BCUT2D eigenvalue weighted by Crippen LogP contribution is -2.49. The summed E-state index contributed by atoms with van der Waals surface area (Å²) in [6.07, 6.45) is 5.45. The predicted octanol–water partition coefficient (Wildman–Crippen LogP) is 1.28. The molecule has 2 atom stereocenters. The third-order valence-electron chi connectivity index (χ3n) is 3.98. The molecule has 2 unspecified atom stereocenters. The van der Waals surface area contributed by atoms with Crippen LogP contribution in [0.3, 0.4) is 0 Å². The van der Waals surface area contributed by atoms with Crippen LogP contribution >= 0.6 is 0 Å². The first-order valence-corrected chi connectivity index (χ1v) is 6.80. The van der Waals surface area contributed by atoms with Gasteiger partial charge in [-0.3, -0.25) is 0 Å². The van der Waals surface area contributed by atoms with Crippen LogP contribution in [0.2, 0.25) is 0 Å². The number of ether oxygens (including phenoxy) is 2. The van der Waals surface area contributed by atoms with Crippen LogP contribution in [-0.4, -0.2) is 49.4 Å². The second-order valence-corrected chi connectivity index (χ2v) is 4.93. The summed E-state index contributed by atoms with van der Waals surface area (Å²) in [5.41, 5.74) is 0. The van der Waals surface area contributed by atoms with Gasteiger partial charge in [-0.25, -0.2) is 9.97 Å². The van der Waals surface area contributed by atoms with E-state index in [-0.39, 0.29) is 0 Å². The van der Waals surface area contributed by atoms with Crippen molar-refractivity contribution in [1.29, 1.82) is 0 Å². The number of methoxy groups -OCH3 is 1. The summed E-state index contributed by atoms with van der Waals surface area (Å²) in [5, 5.41) is 3.05. The SMILES string of the molecule is CNc1ncnc(N2CCOC3CCCC32)c1OC. The Balaban J connectivity index is 1.96. The van der Waals surface area contributed by atoms with E-state index in [1.54, 1.807) is 13.4 Å². The molecule has 2 fully saturated rings. The van der Waals surface area contributed by atoms with Crippen LogP contribution in [0.15, 0.2) is 6.33 Å². The van der Waals surface area contributed by atoms with Crippen molar-refractivity contribution in [2.45, 2.75) is 31.4 Å². The molecule has 2 aliphatic rings. The molecule has 104 valence electrons. The van der Waals surface area contributed by atoms with Gasteiger partial charge in [0.2, 0.25) is 5.75 Å². The van der Waals surface area contributed by atoms with Crippen molar-refractivity contribution < 1.29 is 9.47 Å². The maximum absolute atomic E-state index is 5.84. The minimum Gasteiger partial charge on any atom is -0.490 e. The number of aromatic nitrogens is 2. The predicted molar refractivity (Wildman–Crippen MR) is 72.9 cm³/mol. The minimum atomic E-state index is 0.339. The summed E-state index contributed by atoms with van der Waals surface area (Å²) in [4.78, 5) is 11.0. The second kappa shape index (κ2) is 5.21. The van der Waals surface area contributed by atoms with Crippen LogP contribution in [0.25, 0.3) is 0 Å². The third kappa shape index (κ3) is 2.10. The van der Waals surface area contributed by atoms with E-state index in [1.807, 2.05) is 7.05 Å². The van der Waals surface area contributed by atoms with Gasteiger partial charge in [-0.15, -0.1) is 0 Å². The van der Waals surface area contributed by atoms with E-state index in [0.717, 1.165) is 43.4 Å². The summed E-state index contributed by atoms with van der Waals surface area (Å²) in [7, 11) is 3.50. The molecular formula is C13H20N4O2. The summed E-state index contributed by atoms with van der Waals surface area (Å²) in [6, 6.07) is 0.419. The fourth-order valence-corrected chi connectivity index (χ4v) is 3.12. The van der Waals surface area contributed by atoms with Crippen LogP contribution in [-0.2, 0) is 4.74 Å². The van der Waals surface area contributed by atoms with Gasteiger partial charge in [0.1, 0.15) is 6.33 Å². The number of nitrogens with zero attached hydrogens (tertiary/aromatic N) is 3. The van der Waals surface area contributed by atoms with Crippen molar-refractivity contribution in [2.75, 3.05) is 37.5 Å². The molecule has 2 heterocycles. The van der Waals surface area contributed by atoms with Gasteiger partial charge in [-0.05, 0) is 19.3 Å². The molecule has 1 aromatic rings. The van der Waals surface area contributed by atoms with E-state index in [4.69, 9.17) is 9.47 Å². The number of fused-ring (bicyclic) bond motifs is 1. The highest BCUT2D eigenvalue weighted by Crippen LogP contribution is 2.38. The highest BCUT2D eigenvalue weighted by atomic mass is 16.5. The molecular weight excluding hydrogens is 244 g/mol. The zero-order valence-electron chi connectivity index (χ0n) is 11.4. The fraction of sp³-hybridized carbons (Fsp3) is 0.692. The number of hydrogen-bond acceptors (Lipinski definition) is 6. The molecule has 1 aliphatic carbocycles. The molecule has 0 radical (unpaired) electrons. The molecule has 6 nitrogen and oxygen atoms in total. The Morgan fingerprint density at radius 1 is 1.42 bits per heavy atom. The van der Waals surface area contributed by atoms with E-state index < -0.39 is 0 Å². The highest BCUT2D eigenvalue weighted by molar-refractivity contribution is 5.65. The van der Waals surface area contributed by atoms with E-state index in [0.29, 0.717) is 12.1 Å². The lowest BCUT2D eigenvalue weighted by Gasteiger charge is -2.39. The topological polar surface area (TPSA) is 59.5 Å². The molecule has 0 bridgehead atoms. The number of nitrogens with one attached hydrogen (secondary N) is 1. The van der Waals surface area contributed by atoms with Crippen molar-refractivity contribution in [1.82, 2.24) is 9.97 Å². The molecule has 1 N–H and O–H groups in total. The Hall–Kier alpha value is -1.56. The lowest BCUT2D eigenvalue weighted by molar-refractivity contribution is 0.0251. The molecule has 19 heavy (non-hydrogen) atoms. The zero-order chi connectivity index (χ0) is 13.2. The standard InChI is InChI=1S/C13H20N4O2/c1-14-12-11(18-2)13(16-8-15-12)17-6-7-19-10-5-3-4-9(10)17/h8-10H,3-7H2,1-2H3,(H,14,15,16). The smallest absolute Gasteiger partial charge is 0.204 e. The minimum absolute atomic E-state index is 0.339. The van der Waals surface area contributed by atoms with Crippen molar-refractivity contribution in [3.8, 4) is 5.75 Å². The molecule has 1 saturated carbocycles. The molecule has 0 aromatic carbocycles. The first-order chi connectivity index (χ1) is 9.35. The average Bonchev–Trinajstić information content (AvgIpc) is 2.94. The van der Waals surface area contributed by atoms with Crippen LogP contribution in [0.5, 0.6) is 5.75 Å². The number of hydrogen-bond donors (Lipinski definition) is 1. The Labute approximate surface area is 113 Å². The van der Waals surface area contributed by atoms with E-state index >= 15 is 0 Å². The van der Waals surface area contributed by atoms with Crippen LogP contribution in [0.4, 0.5) is 11.6 Å². The largest absolute Gasteiger partial charge is 0.490 e. The summed E-state index contributed by atoms with van der Waals surface area (Å²) < 4.78 is 11.3. The van der Waals surface area contributed by atoms with Crippen LogP contribution in [0, 0.1) is 0 Å². The molecule has 1 aromatic heterocycles. The van der Waals surface area contributed by atoms with Gasteiger partial charge in [0.05, 0.1) is 25.9 Å². The monoisotopic (exact) mass is 264 g/mol.